The summed E-state index contributed by atoms with van der Waals surface area (Å²) in [6.45, 7) is 0. The van der Waals surface area contributed by atoms with Crippen LogP contribution in [-0.2, 0) is 4.84 Å². The van der Waals surface area contributed by atoms with Gasteiger partial charge in [-0.3, -0.25) is 4.98 Å². The molecule has 0 radical (unpaired) electrons. The van der Waals surface area contributed by atoms with Gasteiger partial charge in [-0.2, -0.15) is 13.2 Å². The van der Waals surface area contributed by atoms with Crippen LogP contribution in [-0.4, -0.2) is 27.8 Å². The van der Waals surface area contributed by atoms with E-state index in [2.05, 4.69) is 15.0 Å². The molecular formula is C15H10F4N2O2. The number of oxime groups is 1. The van der Waals surface area contributed by atoms with Gasteiger partial charge in [0, 0.05) is 11.8 Å². The number of hydrogen-bond acceptors (Lipinski definition) is 4. The van der Waals surface area contributed by atoms with Gasteiger partial charge in [-0.05, 0) is 17.2 Å². The van der Waals surface area contributed by atoms with Crippen LogP contribution in [0.4, 0.5) is 17.6 Å². The number of hydrogen-bond donors (Lipinski definition) is 1. The fourth-order valence-corrected chi connectivity index (χ4v) is 2.15. The molecule has 1 atom stereocenters. The smallest absolute Gasteiger partial charge is 0.350 e. The SMILES string of the molecule is OC1(C(F)(F)F)CC(c2ccc(-c3cncc(F)c3)cc2)=NO1. The lowest BCUT2D eigenvalue weighted by Gasteiger charge is -2.22. The summed E-state index contributed by atoms with van der Waals surface area (Å²) in [6, 6.07) is 7.52. The Labute approximate surface area is 128 Å². The zero-order valence-corrected chi connectivity index (χ0v) is 11.5. The van der Waals surface area contributed by atoms with E-state index >= 15 is 0 Å². The first-order valence-corrected chi connectivity index (χ1v) is 6.54. The molecule has 0 spiro atoms. The molecule has 1 unspecified atom stereocenters. The van der Waals surface area contributed by atoms with E-state index in [9.17, 15) is 22.7 Å². The second kappa shape index (κ2) is 5.31. The lowest BCUT2D eigenvalue weighted by molar-refractivity contribution is -0.355. The van der Waals surface area contributed by atoms with Crippen molar-refractivity contribution in [2.75, 3.05) is 0 Å². The molecule has 0 amide bonds. The molecule has 4 nitrogen and oxygen atoms in total. The number of halogens is 4. The summed E-state index contributed by atoms with van der Waals surface area (Å²) >= 11 is 0. The number of pyridine rings is 1. The first-order chi connectivity index (χ1) is 10.8. The summed E-state index contributed by atoms with van der Waals surface area (Å²) in [4.78, 5) is 7.89. The van der Waals surface area contributed by atoms with Crippen molar-refractivity contribution in [3.63, 3.8) is 0 Å². The lowest BCUT2D eigenvalue weighted by atomic mass is 9.99. The monoisotopic (exact) mass is 326 g/mol. The van der Waals surface area contributed by atoms with E-state index in [1.54, 1.807) is 12.1 Å². The highest BCUT2D eigenvalue weighted by Gasteiger charge is 2.60. The number of aromatic nitrogens is 1. The summed E-state index contributed by atoms with van der Waals surface area (Å²) in [5, 5.41) is 12.7. The van der Waals surface area contributed by atoms with Crippen molar-refractivity contribution in [3.8, 4) is 11.1 Å². The fraction of sp³-hybridized carbons (Fsp3) is 0.200. The van der Waals surface area contributed by atoms with Crippen LogP contribution in [0.3, 0.4) is 0 Å². The Morgan fingerprint density at radius 3 is 2.26 bits per heavy atom. The molecule has 1 aliphatic heterocycles. The van der Waals surface area contributed by atoms with Crippen molar-refractivity contribution in [1.82, 2.24) is 4.98 Å². The van der Waals surface area contributed by atoms with Crippen molar-refractivity contribution in [2.45, 2.75) is 18.4 Å². The van der Waals surface area contributed by atoms with Crippen molar-refractivity contribution in [2.24, 2.45) is 5.16 Å². The van der Waals surface area contributed by atoms with Crippen LogP contribution in [0.5, 0.6) is 0 Å². The molecule has 120 valence electrons. The predicted octanol–water partition coefficient (Wildman–Crippen LogP) is 3.26. The van der Waals surface area contributed by atoms with E-state index < -0.39 is 24.2 Å². The molecule has 0 fully saturated rings. The van der Waals surface area contributed by atoms with Crippen LogP contribution in [0.1, 0.15) is 12.0 Å². The predicted molar refractivity (Wildman–Crippen MR) is 72.9 cm³/mol. The summed E-state index contributed by atoms with van der Waals surface area (Å²) < 4.78 is 51.1. The zero-order chi connectivity index (χ0) is 16.7. The molecule has 2 aromatic rings. The quantitative estimate of drug-likeness (QED) is 0.862. The topological polar surface area (TPSA) is 54.7 Å². The molecular weight excluding hydrogens is 316 g/mol. The van der Waals surface area contributed by atoms with Gasteiger partial charge in [-0.1, -0.05) is 29.4 Å². The number of aliphatic hydroxyl groups is 1. The summed E-state index contributed by atoms with van der Waals surface area (Å²) in [6.07, 6.45) is -3.19. The Morgan fingerprint density at radius 1 is 1.04 bits per heavy atom. The van der Waals surface area contributed by atoms with Gasteiger partial charge in [-0.15, -0.1) is 0 Å². The Kier molecular flexibility index (Phi) is 3.56. The van der Waals surface area contributed by atoms with E-state index in [-0.39, 0.29) is 5.71 Å². The molecule has 1 aromatic carbocycles. The van der Waals surface area contributed by atoms with E-state index in [1.807, 2.05) is 0 Å². The number of alkyl halides is 3. The van der Waals surface area contributed by atoms with Crippen molar-refractivity contribution < 1.29 is 27.5 Å². The van der Waals surface area contributed by atoms with E-state index in [0.717, 1.165) is 6.20 Å². The Bertz CT molecular complexity index is 759. The molecule has 0 saturated heterocycles. The van der Waals surface area contributed by atoms with Gasteiger partial charge in [0.05, 0.1) is 18.3 Å². The average molecular weight is 326 g/mol. The van der Waals surface area contributed by atoms with Gasteiger partial charge in [0.25, 0.3) is 0 Å². The zero-order valence-electron chi connectivity index (χ0n) is 11.5. The summed E-state index contributed by atoms with van der Waals surface area (Å²) in [7, 11) is 0. The van der Waals surface area contributed by atoms with Crippen LogP contribution < -0.4 is 0 Å². The maximum atomic E-state index is 13.1. The summed E-state index contributed by atoms with van der Waals surface area (Å²) in [5.74, 6) is -3.79. The Balaban J connectivity index is 1.82. The maximum absolute atomic E-state index is 13.1. The average Bonchev–Trinajstić information content (AvgIpc) is 2.91. The van der Waals surface area contributed by atoms with Crippen LogP contribution in [0, 0.1) is 5.82 Å². The maximum Gasteiger partial charge on any atom is 0.458 e. The fourth-order valence-electron chi connectivity index (χ4n) is 2.15. The van der Waals surface area contributed by atoms with Crippen molar-refractivity contribution in [1.29, 1.82) is 0 Å². The molecule has 2 heterocycles. The Hall–Kier alpha value is -2.48. The number of nitrogens with zero attached hydrogens (tertiary/aromatic N) is 2. The molecule has 1 aromatic heterocycles. The minimum absolute atomic E-state index is 0.0197. The third-order valence-corrected chi connectivity index (χ3v) is 3.41. The van der Waals surface area contributed by atoms with Crippen LogP contribution >= 0.6 is 0 Å². The van der Waals surface area contributed by atoms with Gasteiger partial charge in [0.15, 0.2) is 0 Å². The second-order valence-electron chi connectivity index (χ2n) is 5.06. The number of benzene rings is 1. The first-order valence-electron chi connectivity index (χ1n) is 6.54. The molecule has 8 heteroatoms. The highest BCUT2D eigenvalue weighted by molar-refractivity contribution is 6.01. The van der Waals surface area contributed by atoms with E-state index in [0.29, 0.717) is 16.7 Å². The molecule has 0 saturated carbocycles. The molecule has 23 heavy (non-hydrogen) atoms. The lowest BCUT2D eigenvalue weighted by Crippen LogP contribution is -2.45. The third kappa shape index (κ3) is 2.89. The van der Waals surface area contributed by atoms with Crippen molar-refractivity contribution in [3.05, 3.63) is 54.1 Å². The number of rotatable bonds is 2. The van der Waals surface area contributed by atoms with Crippen LogP contribution in [0.2, 0.25) is 0 Å². The standard InChI is InChI=1S/C15H10F4N2O2/c16-12-5-11(7-20-8-12)9-1-3-10(4-2-9)13-6-14(22,23-21-13)15(17,18)19/h1-5,7-8,22H,6H2. The summed E-state index contributed by atoms with van der Waals surface area (Å²) in [5.41, 5.74) is 1.53. The van der Waals surface area contributed by atoms with Crippen LogP contribution in [0.25, 0.3) is 11.1 Å². The van der Waals surface area contributed by atoms with Crippen molar-refractivity contribution >= 4 is 5.71 Å². The molecule has 1 aliphatic rings. The molecule has 1 N–H and O–H groups in total. The highest BCUT2D eigenvalue weighted by atomic mass is 19.4. The van der Waals surface area contributed by atoms with E-state index in [1.165, 1.54) is 24.4 Å². The van der Waals surface area contributed by atoms with Gasteiger partial charge in [-0.25, -0.2) is 4.39 Å². The van der Waals surface area contributed by atoms with Gasteiger partial charge >= 0.3 is 12.0 Å². The second-order valence-corrected chi connectivity index (χ2v) is 5.06. The minimum atomic E-state index is -4.94. The van der Waals surface area contributed by atoms with Gasteiger partial charge < -0.3 is 9.94 Å². The largest absolute Gasteiger partial charge is 0.458 e. The third-order valence-electron chi connectivity index (χ3n) is 3.41. The molecule has 3 rings (SSSR count). The first kappa shape index (κ1) is 15.4. The van der Waals surface area contributed by atoms with E-state index in [4.69, 9.17) is 0 Å². The molecule has 0 bridgehead atoms. The van der Waals surface area contributed by atoms with Gasteiger partial charge in [0.1, 0.15) is 5.82 Å². The molecule has 0 aliphatic carbocycles. The highest BCUT2D eigenvalue weighted by Crippen LogP contribution is 2.39. The van der Waals surface area contributed by atoms with Gasteiger partial charge in [0.2, 0.25) is 0 Å². The van der Waals surface area contributed by atoms with Crippen LogP contribution in [0.15, 0.2) is 47.9 Å². The normalized spacial score (nSPS) is 21.0. The minimum Gasteiger partial charge on any atom is -0.350 e. The Morgan fingerprint density at radius 2 is 1.70 bits per heavy atom.